The SMILES string of the molecule is CN=C(NCC(c1ccccc1)c1ccccc1)N1CCC(N2CCOCC2)C1.I. The van der Waals surface area contributed by atoms with Crippen molar-refractivity contribution in [2.45, 2.75) is 18.4 Å². The van der Waals surface area contributed by atoms with E-state index in [2.05, 4.69) is 80.8 Å². The summed E-state index contributed by atoms with van der Waals surface area (Å²) in [6, 6.07) is 22.1. The van der Waals surface area contributed by atoms with E-state index in [4.69, 9.17) is 4.74 Å². The van der Waals surface area contributed by atoms with Gasteiger partial charge in [-0.25, -0.2) is 0 Å². The van der Waals surface area contributed by atoms with Crippen molar-refractivity contribution < 1.29 is 4.74 Å². The molecule has 0 radical (unpaired) electrons. The number of nitrogens with zero attached hydrogens (tertiary/aromatic N) is 3. The van der Waals surface area contributed by atoms with Crippen LogP contribution in [0.3, 0.4) is 0 Å². The Labute approximate surface area is 197 Å². The monoisotopic (exact) mass is 520 g/mol. The molecule has 2 saturated heterocycles. The van der Waals surface area contributed by atoms with Crippen molar-refractivity contribution in [1.29, 1.82) is 0 Å². The van der Waals surface area contributed by atoms with Gasteiger partial charge in [-0.1, -0.05) is 60.7 Å². The third kappa shape index (κ3) is 5.74. The van der Waals surface area contributed by atoms with Crippen LogP contribution in [0.5, 0.6) is 0 Å². The van der Waals surface area contributed by atoms with E-state index in [1.54, 1.807) is 0 Å². The summed E-state index contributed by atoms with van der Waals surface area (Å²) in [5, 5.41) is 3.66. The molecular formula is C24H33IN4O. The third-order valence-electron chi connectivity index (χ3n) is 6.10. The van der Waals surface area contributed by atoms with Crippen molar-refractivity contribution in [3.8, 4) is 0 Å². The third-order valence-corrected chi connectivity index (χ3v) is 6.10. The van der Waals surface area contributed by atoms with Gasteiger partial charge in [0.2, 0.25) is 0 Å². The highest BCUT2D eigenvalue weighted by atomic mass is 127. The average molecular weight is 520 g/mol. The summed E-state index contributed by atoms with van der Waals surface area (Å²) in [5.41, 5.74) is 2.66. The summed E-state index contributed by atoms with van der Waals surface area (Å²) >= 11 is 0. The van der Waals surface area contributed by atoms with Gasteiger partial charge in [0.1, 0.15) is 0 Å². The molecule has 2 aliphatic heterocycles. The summed E-state index contributed by atoms with van der Waals surface area (Å²) in [4.78, 5) is 9.58. The molecule has 30 heavy (non-hydrogen) atoms. The molecule has 0 aromatic heterocycles. The molecule has 1 unspecified atom stereocenters. The fourth-order valence-electron chi connectivity index (χ4n) is 4.50. The molecule has 1 atom stereocenters. The number of halogens is 1. The van der Waals surface area contributed by atoms with Crippen LogP contribution in [0, 0.1) is 0 Å². The Bertz CT molecular complexity index is 741. The first-order chi connectivity index (χ1) is 14.3. The van der Waals surface area contributed by atoms with Crippen molar-refractivity contribution in [2.75, 3.05) is 53.0 Å². The highest BCUT2D eigenvalue weighted by molar-refractivity contribution is 14.0. The summed E-state index contributed by atoms with van der Waals surface area (Å²) in [6.45, 7) is 6.76. The van der Waals surface area contributed by atoms with Gasteiger partial charge in [0.15, 0.2) is 5.96 Å². The highest BCUT2D eigenvalue weighted by Crippen LogP contribution is 2.24. The van der Waals surface area contributed by atoms with Gasteiger partial charge in [-0.15, -0.1) is 24.0 Å². The Kier molecular flexibility index (Phi) is 8.96. The molecule has 2 aromatic carbocycles. The molecule has 0 bridgehead atoms. The van der Waals surface area contributed by atoms with Crippen LogP contribution in [0.25, 0.3) is 0 Å². The molecule has 0 saturated carbocycles. The molecule has 6 heteroatoms. The van der Waals surface area contributed by atoms with Gasteiger partial charge in [0.25, 0.3) is 0 Å². The van der Waals surface area contributed by atoms with Crippen LogP contribution in [0.4, 0.5) is 0 Å². The number of likely N-dealkylation sites (tertiary alicyclic amines) is 1. The Morgan fingerprint density at radius 3 is 2.17 bits per heavy atom. The molecule has 162 valence electrons. The molecule has 0 aliphatic carbocycles. The van der Waals surface area contributed by atoms with E-state index >= 15 is 0 Å². The number of rotatable bonds is 5. The van der Waals surface area contributed by atoms with Crippen molar-refractivity contribution in [2.24, 2.45) is 4.99 Å². The first-order valence-corrected chi connectivity index (χ1v) is 10.7. The van der Waals surface area contributed by atoms with E-state index in [0.717, 1.165) is 51.9 Å². The second-order valence-electron chi connectivity index (χ2n) is 7.84. The lowest BCUT2D eigenvalue weighted by molar-refractivity contribution is 0.0195. The van der Waals surface area contributed by atoms with Crippen LogP contribution < -0.4 is 5.32 Å². The summed E-state index contributed by atoms with van der Waals surface area (Å²) in [5.74, 6) is 1.31. The fraction of sp³-hybridized carbons (Fsp3) is 0.458. The maximum absolute atomic E-state index is 5.51. The summed E-state index contributed by atoms with van der Waals surface area (Å²) < 4.78 is 5.51. The predicted molar refractivity (Wildman–Crippen MR) is 134 cm³/mol. The van der Waals surface area contributed by atoms with Crippen LogP contribution in [-0.4, -0.2) is 74.8 Å². The number of benzene rings is 2. The zero-order valence-corrected chi connectivity index (χ0v) is 20.1. The average Bonchev–Trinajstić information content (AvgIpc) is 3.29. The quantitative estimate of drug-likeness (QED) is 0.373. The minimum absolute atomic E-state index is 0. The van der Waals surface area contributed by atoms with E-state index < -0.39 is 0 Å². The van der Waals surface area contributed by atoms with Gasteiger partial charge in [-0.2, -0.15) is 0 Å². The molecule has 2 fully saturated rings. The molecule has 0 amide bonds. The number of guanidine groups is 1. The standard InChI is InChI=1S/C24H32N4O.HI/c1-25-24(28-13-12-22(19-28)27-14-16-29-17-15-27)26-18-23(20-8-4-2-5-9-20)21-10-6-3-7-11-21;/h2-11,22-23H,12-19H2,1H3,(H,25,26);1H. The van der Waals surface area contributed by atoms with Gasteiger partial charge >= 0.3 is 0 Å². The largest absolute Gasteiger partial charge is 0.379 e. The number of morpholine rings is 1. The lowest BCUT2D eigenvalue weighted by atomic mass is 9.91. The highest BCUT2D eigenvalue weighted by Gasteiger charge is 2.30. The second-order valence-corrected chi connectivity index (χ2v) is 7.84. The number of aliphatic imine (C=N–C) groups is 1. The minimum atomic E-state index is 0. The van der Waals surface area contributed by atoms with E-state index in [1.165, 1.54) is 17.5 Å². The van der Waals surface area contributed by atoms with Crippen molar-refractivity contribution in [3.05, 3.63) is 71.8 Å². The normalized spacial score (nSPS) is 20.3. The van der Waals surface area contributed by atoms with Crippen molar-refractivity contribution in [1.82, 2.24) is 15.1 Å². The van der Waals surface area contributed by atoms with Gasteiger partial charge in [-0.3, -0.25) is 9.89 Å². The minimum Gasteiger partial charge on any atom is -0.379 e. The Morgan fingerprint density at radius 1 is 1.00 bits per heavy atom. The van der Waals surface area contributed by atoms with E-state index in [9.17, 15) is 0 Å². The van der Waals surface area contributed by atoms with E-state index in [1.807, 2.05) is 7.05 Å². The molecule has 2 aromatic rings. The first kappa shape index (κ1) is 23.0. The molecule has 1 N–H and O–H groups in total. The lowest BCUT2D eigenvalue weighted by Crippen LogP contribution is -2.47. The van der Waals surface area contributed by atoms with Crippen LogP contribution in [-0.2, 0) is 4.74 Å². The van der Waals surface area contributed by atoms with Gasteiger partial charge in [0, 0.05) is 51.7 Å². The van der Waals surface area contributed by atoms with Gasteiger partial charge < -0.3 is 15.0 Å². The topological polar surface area (TPSA) is 40.1 Å². The fourth-order valence-corrected chi connectivity index (χ4v) is 4.50. The van der Waals surface area contributed by atoms with Crippen LogP contribution in [0.2, 0.25) is 0 Å². The van der Waals surface area contributed by atoms with Crippen LogP contribution in [0.1, 0.15) is 23.5 Å². The molecule has 2 heterocycles. The maximum atomic E-state index is 5.51. The van der Waals surface area contributed by atoms with Crippen LogP contribution >= 0.6 is 24.0 Å². The maximum Gasteiger partial charge on any atom is 0.193 e. The number of ether oxygens (including phenoxy) is 1. The van der Waals surface area contributed by atoms with Crippen molar-refractivity contribution >= 4 is 29.9 Å². The molecule has 2 aliphatic rings. The Hall–Kier alpha value is -1.64. The Morgan fingerprint density at radius 2 is 1.60 bits per heavy atom. The smallest absolute Gasteiger partial charge is 0.193 e. The first-order valence-electron chi connectivity index (χ1n) is 10.7. The Balaban J connectivity index is 0.00000256. The molecule has 4 rings (SSSR count). The van der Waals surface area contributed by atoms with E-state index in [-0.39, 0.29) is 24.0 Å². The molecule has 0 spiro atoms. The number of nitrogens with one attached hydrogen (secondary N) is 1. The number of hydrogen-bond donors (Lipinski definition) is 1. The molecular weight excluding hydrogens is 487 g/mol. The van der Waals surface area contributed by atoms with Crippen LogP contribution in [0.15, 0.2) is 65.7 Å². The number of hydrogen-bond acceptors (Lipinski definition) is 3. The molecule has 5 nitrogen and oxygen atoms in total. The van der Waals surface area contributed by atoms with Gasteiger partial charge in [0.05, 0.1) is 13.2 Å². The van der Waals surface area contributed by atoms with Crippen molar-refractivity contribution in [3.63, 3.8) is 0 Å². The predicted octanol–water partition coefficient (Wildman–Crippen LogP) is 3.42. The second kappa shape index (κ2) is 11.7. The summed E-state index contributed by atoms with van der Waals surface area (Å²) in [6.07, 6.45) is 1.20. The van der Waals surface area contributed by atoms with E-state index in [0.29, 0.717) is 12.0 Å². The zero-order valence-electron chi connectivity index (χ0n) is 17.7. The summed E-state index contributed by atoms with van der Waals surface area (Å²) in [7, 11) is 1.89. The zero-order chi connectivity index (χ0) is 19.9. The lowest BCUT2D eigenvalue weighted by Gasteiger charge is -2.32. The van der Waals surface area contributed by atoms with Gasteiger partial charge in [-0.05, 0) is 17.5 Å².